The molecule has 0 unspecified atom stereocenters. The van der Waals surface area contributed by atoms with E-state index in [4.69, 9.17) is 35.6 Å². The Bertz CT molecular complexity index is 1550. The van der Waals surface area contributed by atoms with E-state index in [1.807, 2.05) is 13.1 Å². The van der Waals surface area contributed by atoms with Gasteiger partial charge in [0.1, 0.15) is 17.2 Å². The Labute approximate surface area is 269 Å². The Kier molecular flexibility index (Phi) is 9.03. The molecule has 1 fully saturated rings. The number of fused-ring (bicyclic) bond motifs is 4. The Morgan fingerprint density at radius 2 is 2.00 bits per heavy atom. The number of nitrogens with one attached hydrogen (secondary N) is 1. The van der Waals surface area contributed by atoms with Crippen molar-refractivity contribution in [1.29, 1.82) is 5.26 Å². The van der Waals surface area contributed by atoms with Crippen LogP contribution in [0.2, 0.25) is 0 Å². The lowest BCUT2D eigenvalue weighted by molar-refractivity contribution is 0.0368. The molecule has 5 N–H and O–H groups in total. The van der Waals surface area contributed by atoms with E-state index in [9.17, 15) is 10.1 Å². The van der Waals surface area contributed by atoms with Gasteiger partial charge in [-0.25, -0.2) is 4.98 Å². The van der Waals surface area contributed by atoms with Crippen LogP contribution in [0.4, 0.5) is 5.00 Å². The number of hydrogen-bond donors (Lipinski definition) is 3. The highest BCUT2D eigenvalue weighted by Crippen LogP contribution is 2.53. The van der Waals surface area contributed by atoms with Crippen LogP contribution in [0.1, 0.15) is 96.2 Å². The summed E-state index contributed by atoms with van der Waals surface area (Å²) in [6.45, 7) is 8.93. The zero-order chi connectivity index (χ0) is 31.8. The number of Topliss-reactive ketones (excluding diaryl/α,β-unsaturated/α-hetero) is 1. The maximum atomic E-state index is 14.5. The van der Waals surface area contributed by atoms with Gasteiger partial charge in [-0.15, -0.1) is 11.3 Å². The number of ether oxygens (including phenoxy) is 3. The van der Waals surface area contributed by atoms with Gasteiger partial charge < -0.3 is 31.0 Å². The molecule has 2 spiro atoms. The van der Waals surface area contributed by atoms with E-state index in [1.54, 1.807) is 0 Å². The molecule has 240 valence electrons. The van der Waals surface area contributed by atoms with Gasteiger partial charge in [-0.2, -0.15) is 10.2 Å². The summed E-state index contributed by atoms with van der Waals surface area (Å²) >= 11 is 1.48. The molecule has 10 nitrogen and oxygen atoms in total. The van der Waals surface area contributed by atoms with E-state index in [0.717, 1.165) is 79.6 Å². The van der Waals surface area contributed by atoms with E-state index in [-0.39, 0.29) is 23.6 Å². The number of anilines is 1. The molecular formula is C34H44N6O4S. The fourth-order valence-corrected chi connectivity index (χ4v) is 8.99. The number of aromatic nitrogens is 2. The summed E-state index contributed by atoms with van der Waals surface area (Å²) < 4.78 is 18.5. The van der Waals surface area contributed by atoms with Crippen LogP contribution in [-0.4, -0.2) is 55.3 Å². The Balaban J connectivity index is 1.43. The van der Waals surface area contributed by atoms with Crippen LogP contribution in [0, 0.1) is 17.2 Å². The van der Waals surface area contributed by atoms with Crippen molar-refractivity contribution in [3.63, 3.8) is 0 Å². The maximum Gasteiger partial charge on any atom is 0.228 e. The van der Waals surface area contributed by atoms with Gasteiger partial charge in [0.05, 0.1) is 42.1 Å². The van der Waals surface area contributed by atoms with Crippen LogP contribution in [-0.2, 0) is 33.3 Å². The number of nitrogen functional groups attached to an aromatic ring is 1. The first-order valence-corrected chi connectivity index (χ1v) is 17.0. The molecule has 2 aliphatic heterocycles. The molecule has 2 aromatic heterocycles. The third-order valence-corrected chi connectivity index (χ3v) is 11.4. The van der Waals surface area contributed by atoms with Crippen LogP contribution in [0.25, 0.3) is 0 Å². The predicted octanol–water partition coefficient (Wildman–Crippen LogP) is 4.60. The average molecular weight is 633 g/mol. The van der Waals surface area contributed by atoms with E-state index >= 15 is 0 Å². The number of nitrogens with zero attached hydrogens (tertiary/aromatic N) is 3. The standard InChI is InChI=1S/C34H44N6O4S/c1-4-24(20(2)8-7-14-38-3)44-32-23-17-43-19-33(13-15-42-18-33)29(23)39-31(40-32)27(41)21-9-5-11-34(28(21)36)12-6-10-25-26(34)22(16-35)30(37)45-25/h4,20,24,38H,1,5-15,17-19,36-37H2,2-3H3/t20-,24-,33+,34-/m0/s1. The van der Waals surface area contributed by atoms with Gasteiger partial charge in [0.2, 0.25) is 17.5 Å². The molecule has 0 saturated carbocycles. The summed E-state index contributed by atoms with van der Waals surface area (Å²) in [5.74, 6) is 0.338. The van der Waals surface area contributed by atoms with Crippen LogP contribution in [0.5, 0.6) is 5.88 Å². The van der Waals surface area contributed by atoms with Gasteiger partial charge in [-0.1, -0.05) is 19.6 Å². The molecule has 4 heterocycles. The SMILES string of the molecule is C=C[C@H](Oc1nc(C(=O)C2=C(N)[C@@]3(CCC2)CCCc2sc(N)c(C#N)c23)nc2c1COC[C@]21CCOC1)[C@@H](C)CCCNC. The number of carbonyl (C=O) groups is 1. The first-order valence-electron chi connectivity index (χ1n) is 16.1. The summed E-state index contributed by atoms with van der Waals surface area (Å²) in [6, 6.07) is 2.34. The normalized spacial score (nSPS) is 25.4. The highest BCUT2D eigenvalue weighted by Gasteiger charge is 2.48. The number of nitriles is 1. The lowest BCUT2D eigenvalue weighted by atomic mass is 9.62. The second-order valence-corrected chi connectivity index (χ2v) is 14.2. The van der Waals surface area contributed by atoms with Crippen LogP contribution < -0.4 is 21.5 Å². The van der Waals surface area contributed by atoms with Crippen molar-refractivity contribution in [2.24, 2.45) is 11.7 Å². The third-order valence-electron chi connectivity index (χ3n) is 10.3. The van der Waals surface area contributed by atoms with E-state index in [1.165, 1.54) is 11.3 Å². The molecule has 2 aromatic rings. The Morgan fingerprint density at radius 1 is 1.22 bits per heavy atom. The van der Waals surface area contributed by atoms with Crippen molar-refractivity contribution in [2.75, 3.05) is 39.1 Å². The summed E-state index contributed by atoms with van der Waals surface area (Å²) in [5.41, 5.74) is 16.3. The first-order chi connectivity index (χ1) is 21.8. The monoisotopic (exact) mass is 632 g/mol. The van der Waals surface area contributed by atoms with Gasteiger partial charge in [-0.05, 0) is 82.9 Å². The number of rotatable bonds is 10. The molecule has 45 heavy (non-hydrogen) atoms. The molecule has 2 aliphatic carbocycles. The van der Waals surface area contributed by atoms with Crippen LogP contribution >= 0.6 is 11.3 Å². The minimum absolute atomic E-state index is 0.0824. The number of ketones is 1. The zero-order valence-electron chi connectivity index (χ0n) is 26.4. The Hall–Kier alpha value is -3.30. The molecule has 1 saturated heterocycles. The van der Waals surface area contributed by atoms with Crippen molar-refractivity contribution in [1.82, 2.24) is 15.3 Å². The number of hydrogen-bond acceptors (Lipinski definition) is 11. The fourth-order valence-electron chi connectivity index (χ4n) is 7.83. The Morgan fingerprint density at radius 3 is 2.71 bits per heavy atom. The van der Waals surface area contributed by atoms with Crippen molar-refractivity contribution >= 4 is 22.1 Å². The van der Waals surface area contributed by atoms with E-state index < -0.39 is 10.8 Å². The zero-order valence-corrected chi connectivity index (χ0v) is 27.2. The lowest BCUT2D eigenvalue weighted by Crippen LogP contribution is -2.41. The summed E-state index contributed by atoms with van der Waals surface area (Å²) in [5, 5.41) is 13.8. The van der Waals surface area contributed by atoms with Gasteiger partial charge in [-0.3, -0.25) is 4.79 Å². The van der Waals surface area contributed by atoms with Crippen molar-refractivity contribution < 1.29 is 19.0 Å². The lowest BCUT2D eigenvalue weighted by Gasteiger charge is -2.42. The number of allylic oxidation sites excluding steroid dienone is 2. The van der Waals surface area contributed by atoms with E-state index in [2.05, 4.69) is 24.9 Å². The predicted molar refractivity (Wildman–Crippen MR) is 173 cm³/mol. The molecule has 4 aliphatic rings. The minimum Gasteiger partial charge on any atom is -0.469 e. The highest BCUT2D eigenvalue weighted by atomic mass is 32.1. The number of carbonyl (C=O) groups excluding carboxylic acids is 1. The summed E-state index contributed by atoms with van der Waals surface area (Å²) in [7, 11) is 1.95. The summed E-state index contributed by atoms with van der Waals surface area (Å²) in [6.07, 6.45) is 8.81. The topological polar surface area (TPSA) is 158 Å². The molecule has 6 rings (SSSR count). The van der Waals surface area contributed by atoms with Crippen molar-refractivity contribution in [3.8, 4) is 11.9 Å². The molecule has 0 radical (unpaired) electrons. The van der Waals surface area contributed by atoms with Gasteiger partial charge in [0.25, 0.3) is 0 Å². The maximum absolute atomic E-state index is 14.5. The van der Waals surface area contributed by atoms with Crippen molar-refractivity contribution in [2.45, 2.75) is 88.3 Å². The van der Waals surface area contributed by atoms with Gasteiger partial charge in [0.15, 0.2) is 0 Å². The van der Waals surface area contributed by atoms with Gasteiger partial charge >= 0.3 is 0 Å². The summed E-state index contributed by atoms with van der Waals surface area (Å²) in [4.78, 5) is 25.4. The first kappa shape index (κ1) is 31.7. The molecule has 0 bridgehead atoms. The molecular weight excluding hydrogens is 588 g/mol. The second-order valence-electron chi connectivity index (χ2n) is 13.1. The smallest absolute Gasteiger partial charge is 0.228 e. The minimum atomic E-state index is -0.589. The third kappa shape index (κ3) is 5.46. The molecule has 11 heteroatoms. The van der Waals surface area contributed by atoms with Crippen LogP contribution in [0.3, 0.4) is 0 Å². The van der Waals surface area contributed by atoms with E-state index in [0.29, 0.717) is 60.6 Å². The largest absolute Gasteiger partial charge is 0.469 e. The quantitative estimate of drug-likeness (QED) is 0.192. The average Bonchev–Trinajstić information content (AvgIpc) is 3.65. The van der Waals surface area contributed by atoms with Crippen molar-refractivity contribution in [3.05, 3.63) is 57.0 Å². The van der Waals surface area contributed by atoms with Crippen LogP contribution in [0.15, 0.2) is 23.9 Å². The molecule has 0 amide bonds. The second kappa shape index (κ2) is 12.8. The molecule has 0 aromatic carbocycles. The molecule has 4 atom stereocenters. The van der Waals surface area contributed by atoms with Gasteiger partial charge in [0, 0.05) is 28.2 Å². The number of thiophene rings is 1. The fraction of sp³-hybridized carbons (Fsp3) is 0.588. The number of aryl methyl sites for hydroxylation is 1. The highest BCUT2D eigenvalue weighted by molar-refractivity contribution is 7.16. The number of nitrogens with two attached hydrogens (primary N) is 2.